The first-order chi connectivity index (χ1) is 7.91. The number of benzene rings is 1. The van der Waals surface area contributed by atoms with Crippen LogP contribution in [0.1, 0.15) is 22.3 Å². The molecule has 1 rings (SSSR count). The minimum atomic E-state index is -1.76. The van der Waals surface area contributed by atoms with Crippen molar-refractivity contribution in [3.8, 4) is 0 Å². The van der Waals surface area contributed by atoms with Crippen LogP contribution in [0.5, 0.6) is 0 Å². The van der Waals surface area contributed by atoms with Gasteiger partial charge in [0.25, 0.3) is 0 Å². The molecule has 96 valence electrons. The molecule has 0 amide bonds. The van der Waals surface area contributed by atoms with Crippen LogP contribution >= 0.6 is 0 Å². The van der Waals surface area contributed by atoms with Gasteiger partial charge in [-0.1, -0.05) is 44.2 Å². The maximum atomic E-state index is 11.3. The van der Waals surface area contributed by atoms with Crippen LogP contribution in [0.3, 0.4) is 0 Å². The van der Waals surface area contributed by atoms with Crippen LogP contribution in [-0.4, -0.2) is 59.9 Å². The van der Waals surface area contributed by atoms with Gasteiger partial charge in [0.1, 0.15) is 0 Å². The third-order valence-corrected chi connectivity index (χ3v) is 3.07. The Bertz CT molecular complexity index is 410. The number of hydrogen-bond acceptors (Lipinski definition) is 2. The summed E-state index contributed by atoms with van der Waals surface area (Å²) in [6.45, 7) is 3.23. The first-order valence-electron chi connectivity index (χ1n) is 5.42. The van der Waals surface area contributed by atoms with Gasteiger partial charge in [0.2, 0.25) is 0 Å². The summed E-state index contributed by atoms with van der Waals surface area (Å²) in [4.78, 5) is 22.7. The van der Waals surface area contributed by atoms with Gasteiger partial charge in [-0.15, -0.1) is 0 Å². The molecule has 0 aromatic heterocycles. The molecule has 2 N–H and O–H groups in total. The van der Waals surface area contributed by atoms with Gasteiger partial charge in [0.05, 0.1) is 0 Å². The van der Waals surface area contributed by atoms with E-state index in [4.69, 9.17) is 0 Å². The predicted molar refractivity (Wildman–Crippen MR) is 70.7 cm³/mol. The second-order valence-electron chi connectivity index (χ2n) is 4.40. The molecule has 0 aliphatic heterocycles. The van der Waals surface area contributed by atoms with Crippen LogP contribution in [0, 0.1) is 11.3 Å². The Hall–Kier alpha value is -0.580. The van der Waals surface area contributed by atoms with Crippen LogP contribution in [-0.2, 0) is 16.0 Å². The average molecular weight is 278 g/mol. The standard InChI is InChI=1S/C13H16O4.Ca.2H/c1-9(2)13(11(14)15,12(16)17)8-10-6-4-3-5-7-10;;;/h3-7,9H,8H2,1-2H3,(H,14,15)(H,16,17);;;/q;+2;2*-1. The fraction of sp³-hybridized carbons (Fsp3) is 0.385. The van der Waals surface area contributed by atoms with Gasteiger partial charge in [0.15, 0.2) is 5.41 Å². The molecule has 0 aliphatic carbocycles. The van der Waals surface area contributed by atoms with E-state index in [1.807, 2.05) is 6.07 Å². The molecule has 0 heterocycles. The Balaban J connectivity index is -0.000000963. The number of carboxylic acids is 2. The SMILES string of the molecule is CC(C)C(Cc1ccccc1)(C(=O)O)C(=O)O.[Ca+2].[H-].[H-]. The molecule has 5 heteroatoms. The molecule has 0 saturated heterocycles. The summed E-state index contributed by atoms with van der Waals surface area (Å²) < 4.78 is 0. The molecule has 18 heavy (non-hydrogen) atoms. The number of aliphatic carboxylic acids is 2. The molecular weight excluding hydrogens is 260 g/mol. The van der Waals surface area contributed by atoms with Crippen molar-refractivity contribution in [2.45, 2.75) is 20.3 Å². The quantitative estimate of drug-likeness (QED) is 0.637. The van der Waals surface area contributed by atoms with Crippen LogP contribution < -0.4 is 0 Å². The first-order valence-corrected chi connectivity index (χ1v) is 5.42. The van der Waals surface area contributed by atoms with Crippen molar-refractivity contribution in [2.24, 2.45) is 11.3 Å². The normalized spacial score (nSPS) is 10.8. The van der Waals surface area contributed by atoms with Crippen molar-refractivity contribution >= 4 is 49.7 Å². The number of carboxylic acid groups (broad SMARTS) is 2. The minimum Gasteiger partial charge on any atom is -1.00 e. The second-order valence-corrected chi connectivity index (χ2v) is 4.40. The molecule has 0 spiro atoms. The largest absolute Gasteiger partial charge is 2.00 e. The number of rotatable bonds is 5. The van der Waals surface area contributed by atoms with E-state index in [-0.39, 0.29) is 47.0 Å². The monoisotopic (exact) mass is 278 g/mol. The third-order valence-electron chi connectivity index (χ3n) is 3.07. The molecule has 4 nitrogen and oxygen atoms in total. The Morgan fingerprint density at radius 3 is 1.94 bits per heavy atom. The van der Waals surface area contributed by atoms with Gasteiger partial charge < -0.3 is 13.1 Å². The van der Waals surface area contributed by atoms with E-state index >= 15 is 0 Å². The zero-order valence-corrected chi connectivity index (χ0v) is 12.8. The van der Waals surface area contributed by atoms with Crippen molar-refractivity contribution in [2.75, 3.05) is 0 Å². The molecule has 0 fully saturated rings. The van der Waals surface area contributed by atoms with E-state index in [0.29, 0.717) is 5.56 Å². The van der Waals surface area contributed by atoms with Crippen molar-refractivity contribution in [1.82, 2.24) is 0 Å². The van der Waals surface area contributed by atoms with E-state index < -0.39 is 23.3 Å². The summed E-state index contributed by atoms with van der Waals surface area (Å²) in [5.41, 5.74) is -1.05. The first kappa shape index (κ1) is 17.4. The van der Waals surface area contributed by atoms with E-state index in [0.717, 1.165) is 0 Å². The molecule has 1 aromatic rings. The molecule has 0 unspecified atom stereocenters. The van der Waals surface area contributed by atoms with Gasteiger partial charge in [0, 0.05) is 0 Å². The van der Waals surface area contributed by atoms with Gasteiger partial charge in [-0.3, -0.25) is 9.59 Å². The molecule has 0 atom stereocenters. The molecule has 0 saturated carbocycles. The van der Waals surface area contributed by atoms with E-state index in [2.05, 4.69) is 0 Å². The number of carbonyl (C=O) groups is 2. The summed E-state index contributed by atoms with van der Waals surface area (Å²) in [6.07, 6.45) is -0.00380. The van der Waals surface area contributed by atoms with Crippen molar-refractivity contribution in [3.05, 3.63) is 35.9 Å². The summed E-state index contributed by atoms with van der Waals surface area (Å²) in [6, 6.07) is 8.82. The third kappa shape index (κ3) is 3.46. The summed E-state index contributed by atoms with van der Waals surface area (Å²) in [7, 11) is 0. The van der Waals surface area contributed by atoms with Crippen molar-refractivity contribution < 1.29 is 22.7 Å². The molecule has 1 aromatic carbocycles. The smallest absolute Gasteiger partial charge is 1.00 e. The van der Waals surface area contributed by atoms with Gasteiger partial charge in [-0.25, -0.2) is 0 Å². The van der Waals surface area contributed by atoms with E-state index in [9.17, 15) is 19.8 Å². The van der Waals surface area contributed by atoms with Gasteiger partial charge >= 0.3 is 49.7 Å². The zero-order valence-electron chi connectivity index (χ0n) is 12.6. The van der Waals surface area contributed by atoms with Gasteiger partial charge in [-0.2, -0.15) is 0 Å². The van der Waals surface area contributed by atoms with Crippen LogP contribution in [0.2, 0.25) is 0 Å². The average Bonchev–Trinajstić information content (AvgIpc) is 2.25. The zero-order chi connectivity index (χ0) is 13.1. The minimum absolute atomic E-state index is 0. The summed E-state index contributed by atoms with van der Waals surface area (Å²) in [5, 5.41) is 18.5. The van der Waals surface area contributed by atoms with E-state index in [1.54, 1.807) is 38.1 Å². The van der Waals surface area contributed by atoms with Crippen LogP contribution in [0.4, 0.5) is 0 Å². The molecular formula is C13H18CaO4. The topological polar surface area (TPSA) is 74.6 Å². The van der Waals surface area contributed by atoms with Gasteiger partial charge in [-0.05, 0) is 17.9 Å². The molecule has 0 aliphatic rings. The summed E-state index contributed by atoms with van der Waals surface area (Å²) >= 11 is 0. The van der Waals surface area contributed by atoms with Crippen LogP contribution in [0.25, 0.3) is 0 Å². The van der Waals surface area contributed by atoms with Crippen LogP contribution in [0.15, 0.2) is 30.3 Å². The summed E-state index contributed by atoms with van der Waals surface area (Å²) in [5.74, 6) is -3.06. The Labute approximate surface area is 139 Å². The Morgan fingerprint density at radius 2 is 1.61 bits per heavy atom. The maximum absolute atomic E-state index is 11.3. The second kappa shape index (κ2) is 7.12. The number of hydrogen-bond donors (Lipinski definition) is 2. The Morgan fingerprint density at radius 1 is 1.17 bits per heavy atom. The maximum Gasteiger partial charge on any atom is 2.00 e. The van der Waals surface area contributed by atoms with Crippen molar-refractivity contribution in [3.63, 3.8) is 0 Å². The molecule has 0 bridgehead atoms. The fourth-order valence-electron chi connectivity index (χ4n) is 1.86. The fourth-order valence-corrected chi connectivity index (χ4v) is 1.86. The predicted octanol–water partition coefficient (Wildman–Crippen LogP) is 1.88. The molecule has 0 radical (unpaired) electrons. The van der Waals surface area contributed by atoms with E-state index in [1.165, 1.54) is 0 Å². The Kier molecular flexibility index (Phi) is 6.89. The van der Waals surface area contributed by atoms with Crippen molar-refractivity contribution in [1.29, 1.82) is 0 Å².